The van der Waals surface area contributed by atoms with Gasteiger partial charge in [-0.3, -0.25) is 10.1 Å². The van der Waals surface area contributed by atoms with Crippen LogP contribution in [0, 0.1) is 0 Å². The van der Waals surface area contributed by atoms with Gasteiger partial charge in [-0.05, 0) is 34.4 Å². The highest BCUT2D eigenvalue weighted by molar-refractivity contribution is 5.84. The fourth-order valence-corrected chi connectivity index (χ4v) is 3.79. The molecule has 30 heavy (non-hydrogen) atoms. The number of carbonyl (C=O) groups is 1. The van der Waals surface area contributed by atoms with Gasteiger partial charge in [-0.25, -0.2) is 9.78 Å². The van der Waals surface area contributed by atoms with Crippen molar-refractivity contribution in [2.75, 3.05) is 11.9 Å². The number of H-pyrrole nitrogens is 1. The molecule has 0 atom stereocenters. The van der Waals surface area contributed by atoms with Gasteiger partial charge in [0.05, 0.1) is 6.26 Å². The predicted molar refractivity (Wildman–Crippen MR) is 111 cm³/mol. The molecule has 1 aliphatic carbocycles. The summed E-state index contributed by atoms with van der Waals surface area (Å²) in [5.74, 6) is 0.654. The zero-order chi connectivity index (χ0) is 20.5. The third-order valence-corrected chi connectivity index (χ3v) is 5.07. The number of rotatable bonds is 4. The number of anilines is 1. The van der Waals surface area contributed by atoms with Crippen molar-refractivity contribution in [2.24, 2.45) is 0 Å². The van der Waals surface area contributed by atoms with Gasteiger partial charge in [0.2, 0.25) is 0 Å². The van der Waals surface area contributed by atoms with Gasteiger partial charge < -0.3 is 14.1 Å². The molecule has 4 aromatic rings. The van der Waals surface area contributed by atoms with Crippen LogP contribution >= 0.6 is 0 Å². The van der Waals surface area contributed by atoms with Crippen LogP contribution in [-0.2, 0) is 4.74 Å². The Hall–Kier alpha value is -4.13. The molecule has 1 aliphatic rings. The molecule has 5 rings (SSSR count). The number of amides is 1. The van der Waals surface area contributed by atoms with E-state index in [1.165, 1.54) is 12.3 Å². The van der Waals surface area contributed by atoms with Crippen molar-refractivity contribution in [3.63, 3.8) is 0 Å². The van der Waals surface area contributed by atoms with Gasteiger partial charge in [-0.15, -0.1) is 0 Å². The quantitative estimate of drug-likeness (QED) is 0.530. The van der Waals surface area contributed by atoms with Crippen LogP contribution in [0.2, 0.25) is 0 Å². The van der Waals surface area contributed by atoms with Gasteiger partial charge in [0.1, 0.15) is 12.4 Å². The van der Waals surface area contributed by atoms with Crippen LogP contribution in [0.4, 0.5) is 10.6 Å². The molecule has 0 bridgehead atoms. The van der Waals surface area contributed by atoms with Crippen molar-refractivity contribution in [1.29, 1.82) is 0 Å². The topological polar surface area (TPSA) is 97.2 Å². The van der Waals surface area contributed by atoms with Crippen molar-refractivity contribution in [2.45, 2.75) is 5.92 Å². The standard InChI is InChI=1S/C23H17N3O4/c27-21-12-20(24-22(26-21)19-10-5-11-29-19)25-23(28)30-13-18-16-8-3-1-6-14(16)15-7-2-4-9-17(15)18/h1-12,18H,13H2,(H2,24,25,26,27,28). The predicted octanol–water partition coefficient (Wildman–Crippen LogP) is 4.39. The molecule has 0 saturated carbocycles. The van der Waals surface area contributed by atoms with E-state index in [4.69, 9.17) is 9.15 Å². The minimum atomic E-state index is -0.680. The molecular weight excluding hydrogens is 382 g/mol. The van der Waals surface area contributed by atoms with Gasteiger partial charge in [0.25, 0.3) is 5.56 Å². The molecule has 0 aliphatic heterocycles. The fraction of sp³-hybridized carbons (Fsp3) is 0.0870. The SMILES string of the molecule is O=C(Nc1cc(=O)[nH]c(-c2ccco2)n1)OCC1c2ccccc2-c2ccccc21. The first-order valence-corrected chi connectivity index (χ1v) is 9.46. The van der Waals surface area contributed by atoms with Crippen molar-refractivity contribution in [3.05, 3.63) is 94.5 Å². The Balaban J connectivity index is 1.32. The van der Waals surface area contributed by atoms with Gasteiger partial charge in [0.15, 0.2) is 11.6 Å². The van der Waals surface area contributed by atoms with E-state index >= 15 is 0 Å². The van der Waals surface area contributed by atoms with E-state index in [1.54, 1.807) is 12.1 Å². The highest BCUT2D eigenvalue weighted by Gasteiger charge is 2.29. The Kier molecular flexibility index (Phi) is 4.40. The first kappa shape index (κ1) is 17.9. The lowest BCUT2D eigenvalue weighted by molar-refractivity contribution is 0.158. The van der Waals surface area contributed by atoms with Crippen LogP contribution in [0.5, 0.6) is 0 Å². The lowest BCUT2D eigenvalue weighted by Crippen LogP contribution is -2.20. The van der Waals surface area contributed by atoms with E-state index in [9.17, 15) is 9.59 Å². The number of ether oxygens (including phenoxy) is 1. The maximum atomic E-state index is 12.4. The van der Waals surface area contributed by atoms with Crippen molar-refractivity contribution >= 4 is 11.9 Å². The van der Waals surface area contributed by atoms with Crippen molar-refractivity contribution in [3.8, 4) is 22.7 Å². The van der Waals surface area contributed by atoms with E-state index in [1.807, 2.05) is 24.3 Å². The highest BCUT2D eigenvalue weighted by Crippen LogP contribution is 2.44. The van der Waals surface area contributed by atoms with E-state index in [0.29, 0.717) is 5.76 Å². The fourth-order valence-electron chi connectivity index (χ4n) is 3.79. The summed E-state index contributed by atoms with van der Waals surface area (Å²) < 4.78 is 10.7. The number of aromatic amines is 1. The normalized spacial score (nSPS) is 12.3. The molecule has 0 saturated heterocycles. The summed E-state index contributed by atoms with van der Waals surface area (Å²) in [5, 5.41) is 2.52. The van der Waals surface area contributed by atoms with Crippen molar-refractivity contribution < 1.29 is 13.9 Å². The van der Waals surface area contributed by atoms with Crippen LogP contribution in [-0.4, -0.2) is 22.7 Å². The summed E-state index contributed by atoms with van der Waals surface area (Å²) in [6.45, 7) is 0.175. The average Bonchev–Trinajstić information content (AvgIpc) is 3.39. The van der Waals surface area contributed by atoms with Crippen LogP contribution < -0.4 is 10.9 Å². The maximum Gasteiger partial charge on any atom is 0.412 e. The first-order chi connectivity index (χ1) is 14.7. The Bertz CT molecular complexity index is 1230. The Labute approximate surface area is 171 Å². The second kappa shape index (κ2) is 7.36. The second-order valence-electron chi connectivity index (χ2n) is 6.91. The number of carbonyl (C=O) groups excluding carboxylic acids is 1. The molecular formula is C23H17N3O4. The number of fused-ring (bicyclic) bond motifs is 3. The molecule has 2 N–H and O–H groups in total. The summed E-state index contributed by atoms with van der Waals surface area (Å²) in [6.07, 6.45) is 0.793. The van der Waals surface area contributed by atoms with Crippen LogP contribution in [0.15, 0.2) is 82.2 Å². The highest BCUT2D eigenvalue weighted by atomic mass is 16.5. The number of furan rings is 1. The molecule has 2 aromatic heterocycles. The lowest BCUT2D eigenvalue weighted by Gasteiger charge is -2.14. The van der Waals surface area contributed by atoms with Crippen LogP contribution in [0.1, 0.15) is 17.0 Å². The molecule has 0 spiro atoms. The zero-order valence-electron chi connectivity index (χ0n) is 15.8. The summed E-state index contributed by atoms with van der Waals surface area (Å²) in [6, 6.07) is 20.7. The number of nitrogens with one attached hydrogen (secondary N) is 2. The van der Waals surface area contributed by atoms with E-state index in [0.717, 1.165) is 22.3 Å². The van der Waals surface area contributed by atoms with Crippen molar-refractivity contribution in [1.82, 2.24) is 9.97 Å². The molecule has 148 valence electrons. The van der Waals surface area contributed by atoms with Gasteiger partial charge in [-0.2, -0.15) is 0 Å². The number of nitrogens with zero attached hydrogens (tertiary/aromatic N) is 1. The number of hydrogen-bond donors (Lipinski definition) is 2. The largest absolute Gasteiger partial charge is 0.461 e. The molecule has 2 heterocycles. The third kappa shape index (κ3) is 3.26. The van der Waals surface area contributed by atoms with Gasteiger partial charge in [-0.1, -0.05) is 48.5 Å². The summed E-state index contributed by atoms with van der Waals surface area (Å²) >= 11 is 0. The average molecular weight is 399 g/mol. The minimum absolute atomic E-state index is 0.0473. The van der Waals surface area contributed by atoms with E-state index < -0.39 is 11.7 Å². The zero-order valence-corrected chi connectivity index (χ0v) is 15.8. The summed E-state index contributed by atoms with van der Waals surface area (Å²) in [7, 11) is 0. The lowest BCUT2D eigenvalue weighted by atomic mass is 9.98. The number of aromatic nitrogens is 2. The Morgan fingerprint density at radius 1 is 1.03 bits per heavy atom. The third-order valence-electron chi connectivity index (χ3n) is 5.07. The van der Waals surface area contributed by atoms with E-state index in [-0.39, 0.29) is 24.2 Å². The monoisotopic (exact) mass is 399 g/mol. The molecule has 2 aromatic carbocycles. The summed E-state index contributed by atoms with van der Waals surface area (Å²) in [4.78, 5) is 31.1. The Morgan fingerprint density at radius 2 is 1.73 bits per heavy atom. The van der Waals surface area contributed by atoms with Gasteiger partial charge >= 0.3 is 6.09 Å². The van der Waals surface area contributed by atoms with E-state index in [2.05, 4.69) is 39.6 Å². The smallest absolute Gasteiger partial charge is 0.412 e. The number of hydrogen-bond acceptors (Lipinski definition) is 5. The molecule has 0 unspecified atom stereocenters. The second-order valence-corrected chi connectivity index (χ2v) is 6.91. The molecule has 7 heteroatoms. The Morgan fingerprint density at radius 3 is 2.40 bits per heavy atom. The maximum absolute atomic E-state index is 12.4. The molecule has 7 nitrogen and oxygen atoms in total. The van der Waals surface area contributed by atoms with Crippen LogP contribution in [0.3, 0.4) is 0 Å². The van der Waals surface area contributed by atoms with Gasteiger partial charge in [0, 0.05) is 12.0 Å². The molecule has 0 radical (unpaired) electrons. The summed E-state index contributed by atoms with van der Waals surface area (Å²) in [5.41, 5.74) is 4.15. The molecule has 1 amide bonds. The number of benzene rings is 2. The van der Waals surface area contributed by atoms with Crippen LogP contribution in [0.25, 0.3) is 22.7 Å². The minimum Gasteiger partial charge on any atom is -0.461 e. The first-order valence-electron chi connectivity index (χ1n) is 9.46. The molecule has 0 fully saturated rings.